The maximum atomic E-state index is 14.1. The van der Waals surface area contributed by atoms with Gasteiger partial charge in [0.1, 0.15) is 29.1 Å². The zero-order valence-electron chi connectivity index (χ0n) is 40.5. The summed E-state index contributed by atoms with van der Waals surface area (Å²) in [6.45, 7) is 12.7. The molecule has 4 aromatic carbocycles. The SMILES string of the molecule is CC(=O)Cc1cc(N)cc(N2CCOCC2)c1.CC(=O)Nc1cc(Nc2c(C)c(-c3cncc(F)c3)nc3cc(F)ccc23)cc(N2CCOCC2)c1.Cc1c(-c2cncc(F)c2)nc2cc(F)ccc2c1Cl. The topological polar surface area (TPSA) is 161 Å². The highest BCUT2D eigenvalue weighted by Crippen LogP contribution is 2.38. The number of morpholine rings is 2. The molecule has 0 saturated carbocycles. The van der Waals surface area contributed by atoms with Gasteiger partial charge < -0.3 is 35.6 Å². The summed E-state index contributed by atoms with van der Waals surface area (Å²) in [6.07, 6.45) is 5.71. The van der Waals surface area contributed by atoms with Crippen LogP contribution in [0.15, 0.2) is 110 Å². The number of aromatic nitrogens is 4. The summed E-state index contributed by atoms with van der Waals surface area (Å²) >= 11 is 6.30. The molecule has 0 unspecified atom stereocenters. The predicted octanol–water partition coefficient (Wildman–Crippen LogP) is 11.2. The average Bonchev–Trinajstić information content (AvgIpc) is 3.36. The quantitative estimate of drug-likeness (QED) is 0.0929. The zero-order chi connectivity index (χ0) is 51.8. The van der Waals surface area contributed by atoms with Crippen molar-refractivity contribution in [2.45, 2.75) is 34.1 Å². The molecule has 0 atom stereocenters. The summed E-state index contributed by atoms with van der Waals surface area (Å²) in [7, 11) is 0. The van der Waals surface area contributed by atoms with Crippen LogP contribution in [0, 0.1) is 37.1 Å². The summed E-state index contributed by atoms with van der Waals surface area (Å²) < 4.78 is 65.5. The molecular formula is C55H52ClF4N9O4. The predicted molar refractivity (Wildman–Crippen MR) is 280 cm³/mol. The van der Waals surface area contributed by atoms with Crippen molar-refractivity contribution in [2.24, 2.45) is 0 Å². The summed E-state index contributed by atoms with van der Waals surface area (Å²) in [4.78, 5) is 44.1. The van der Waals surface area contributed by atoms with E-state index in [4.69, 9.17) is 26.8 Å². The molecule has 18 heteroatoms. The molecular weight excluding hydrogens is 962 g/mol. The Balaban J connectivity index is 0.000000162. The molecule has 1 amide bonds. The van der Waals surface area contributed by atoms with Crippen molar-refractivity contribution in [3.8, 4) is 22.5 Å². The standard InChI is InChI=1S/C27H25F2N5O2.C15H9ClF2N2.C13H18N2O2/c1-16-26(18-9-20(29)15-30-14-18)33-25-10-19(28)3-4-24(25)27(16)32-22-11-21(31-17(2)35)12-23(13-22)34-5-7-36-8-6-34;1-8-14(16)12-3-2-10(17)5-13(12)20-15(8)9-4-11(18)7-19-6-9;1-10(16)6-11-7-12(14)9-13(8-11)15-2-4-17-5-3-15/h3-4,9-15H,5-8H2,1-2H3,(H,31,35)(H,32,33);2-7H,1H3;7-9H,2-6,14H2,1H3. The van der Waals surface area contributed by atoms with Gasteiger partial charge in [-0.25, -0.2) is 27.5 Å². The number of rotatable bonds is 9. The number of carbonyl (C=O) groups is 2. The molecule has 2 fully saturated rings. The summed E-state index contributed by atoms with van der Waals surface area (Å²) in [5.41, 5.74) is 16.0. The summed E-state index contributed by atoms with van der Waals surface area (Å²) in [5, 5.41) is 8.19. The molecule has 0 radical (unpaired) electrons. The van der Waals surface area contributed by atoms with Gasteiger partial charge in [0.15, 0.2) is 0 Å². The first-order valence-electron chi connectivity index (χ1n) is 23.4. The number of fused-ring (bicyclic) bond motifs is 2. The summed E-state index contributed by atoms with van der Waals surface area (Å²) in [6, 6.07) is 22.9. The monoisotopic (exact) mass is 1010 g/mol. The number of nitrogens with two attached hydrogens (primary N) is 1. The van der Waals surface area contributed by atoms with E-state index in [1.54, 1.807) is 26.0 Å². The third-order valence-corrected chi connectivity index (χ3v) is 12.5. The number of nitrogens with one attached hydrogen (secondary N) is 2. The largest absolute Gasteiger partial charge is 0.399 e. The van der Waals surface area contributed by atoms with Gasteiger partial charge in [-0.3, -0.25) is 19.6 Å². The molecule has 6 heterocycles. The Hall–Kier alpha value is -7.73. The van der Waals surface area contributed by atoms with E-state index in [1.165, 1.54) is 55.7 Å². The molecule has 13 nitrogen and oxygen atoms in total. The second-order valence-corrected chi connectivity index (χ2v) is 17.9. The van der Waals surface area contributed by atoms with E-state index in [-0.39, 0.29) is 11.7 Å². The maximum Gasteiger partial charge on any atom is 0.221 e. The lowest BCUT2D eigenvalue weighted by molar-refractivity contribution is -0.116. The number of amides is 1. The fraction of sp³-hybridized carbons (Fsp3) is 0.236. The van der Waals surface area contributed by atoms with Crippen molar-refractivity contribution in [1.82, 2.24) is 19.9 Å². The van der Waals surface area contributed by atoms with Crippen LogP contribution in [0.25, 0.3) is 44.3 Å². The fourth-order valence-electron chi connectivity index (χ4n) is 8.63. The van der Waals surface area contributed by atoms with Gasteiger partial charge in [0, 0.05) is 114 Å². The van der Waals surface area contributed by atoms with Crippen LogP contribution in [0.2, 0.25) is 5.02 Å². The van der Waals surface area contributed by atoms with Crippen LogP contribution in [-0.2, 0) is 25.5 Å². The highest BCUT2D eigenvalue weighted by atomic mass is 35.5. The van der Waals surface area contributed by atoms with Crippen molar-refractivity contribution in [2.75, 3.05) is 78.8 Å². The molecule has 4 aromatic heterocycles. The first-order valence-corrected chi connectivity index (χ1v) is 23.8. The normalized spacial score (nSPS) is 13.4. The Bertz CT molecular complexity index is 3340. The van der Waals surface area contributed by atoms with Gasteiger partial charge in [-0.15, -0.1) is 0 Å². The number of hydrogen-bond acceptors (Lipinski definition) is 12. The fourth-order valence-corrected chi connectivity index (χ4v) is 8.88. The Labute approximate surface area is 424 Å². The minimum Gasteiger partial charge on any atom is -0.399 e. The molecule has 2 aliphatic rings. The molecule has 0 spiro atoms. The van der Waals surface area contributed by atoms with Crippen LogP contribution >= 0.6 is 11.6 Å². The third kappa shape index (κ3) is 13.0. The van der Waals surface area contributed by atoms with Crippen LogP contribution in [-0.4, -0.2) is 84.2 Å². The van der Waals surface area contributed by atoms with E-state index in [0.29, 0.717) is 91.6 Å². The van der Waals surface area contributed by atoms with E-state index in [0.717, 1.165) is 80.0 Å². The Morgan fingerprint density at radius 2 is 1.15 bits per heavy atom. The van der Waals surface area contributed by atoms with Gasteiger partial charge in [0.25, 0.3) is 0 Å². The first kappa shape index (κ1) is 51.6. The number of nitrogens with zero attached hydrogens (tertiary/aromatic N) is 6. The van der Waals surface area contributed by atoms with E-state index in [2.05, 4.69) is 40.4 Å². The lowest BCUT2D eigenvalue weighted by atomic mass is 10.0. The second kappa shape index (κ2) is 23.2. The molecule has 10 rings (SSSR count). The molecule has 73 heavy (non-hydrogen) atoms. The molecule has 376 valence electrons. The first-order chi connectivity index (χ1) is 35.1. The van der Waals surface area contributed by atoms with Crippen LogP contribution in [0.5, 0.6) is 0 Å². The highest BCUT2D eigenvalue weighted by molar-refractivity contribution is 6.36. The van der Waals surface area contributed by atoms with E-state index in [1.807, 2.05) is 43.3 Å². The lowest BCUT2D eigenvalue weighted by Gasteiger charge is -2.30. The number of hydrogen-bond donors (Lipinski definition) is 3. The molecule has 8 aromatic rings. The minimum absolute atomic E-state index is 0.156. The van der Waals surface area contributed by atoms with Crippen LogP contribution in [0.3, 0.4) is 0 Å². The highest BCUT2D eigenvalue weighted by Gasteiger charge is 2.19. The van der Waals surface area contributed by atoms with Gasteiger partial charge in [-0.1, -0.05) is 11.6 Å². The molecule has 0 aliphatic carbocycles. The number of anilines is 6. The Kier molecular flexibility index (Phi) is 16.4. The van der Waals surface area contributed by atoms with E-state index in [9.17, 15) is 27.2 Å². The summed E-state index contributed by atoms with van der Waals surface area (Å²) in [5.74, 6) is -1.78. The molecule has 2 aliphatic heterocycles. The molecule has 0 bridgehead atoms. The Morgan fingerprint density at radius 1 is 0.630 bits per heavy atom. The lowest BCUT2D eigenvalue weighted by Crippen LogP contribution is -2.36. The number of ketones is 1. The Morgan fingerprint density at radius 3 is 1.70 bits per heavy atom. The van der Waals surface area contributed by atoms with Crippen molar-refractivity contribution in [1.29, 1.82) is 0 Å². The third-order valence-electron chi connectivity index (χ3n) is 12.0. The van der Waals surface area contributed by atoms with Gasteiger partial charge in [-0.2, -0.15) is 0 Å². The van der Waals surface area contributed by atoms with Gasteiger partial charge in [-0.05, 0) is 110 Å². The smallest absolute Gasteiger partial charge is 0.221 e. The second-order valence-electron chi connectivity index (χ2n) is 17.6. The van der Waals surface area contributed by atoms with E-state index < -0.39 is 23.3 Å². The zero-order valence-corrected chi connectivity index (χ0v) is 41.3. The maximum absolute atomic E-state index is 14.1. The average molecular weight is 1010 g/mol. The minimum atomic E-state index is -0.485. The number of benzene rings is 4. The van der Waals surface area contributed by atoms with Crippen molar-refractivity contribution in [3.63, 3.8) is 0 Å². The number of Topliss-reactive ketones (excluding diaryl/α,β-unsaturated/α-hetero) is 1. The molecule has 4 N–H and O–H groups in total. The molecule has 2 saturated heterocycles. The van der Waals surface area contributed by atoms with Gasteiger partial charge in [0.2, 0.25) is 5.91 Å². The van der Waals surface area contributed by atoms with Gasteiger partial charge in [0.05, 0.1) is 72.0 Å². The van der Waals surface area contributed by atoms with Crippen LogP contribution in [0.1, 0.15) is 30.5 Å². The van der Waals surface area contributed by atoms with E-state index >= 15 is 0 Å². The number of ether oxygens (including phenoxy) is 2. The van der Waals surface area contributed by atoms with Crippen molar-refractivity contribution < 1.29 is 36.6 Å². The number of nitrogen functional groups attached to an aromatic ring is 1. The van der Waals surface area contributed by atoms with Gasteiger partial charge >= 0.3 is 0 Å². The van der Waals surface area contributed by atoms with Crippen LogP contribution in [0.4, 0.5) is 51.7 Å². The number of pyridine rings is 4. The number of carbonyl (C=O) groups excluding carboxylic acids is 2. The number of halogens is 5. The van der Waals surface area contributed by atoms with Crippen molar-refractivity contribution >= 4 is 79.2 Å². The van der Waals surface area contributed by atoms with Crippen molar-refractivity contribution in [3.05, 3.63) is 155 Å². The van der Waals surface area contributed by atoms with Crippen LogP contribution < -0.4 is 26.2 Å².